The van der Waals surface area contributed by atoms with Gasteiger partial charge in [0.2, 0.25) is 0 Å². The Morgan fingerprint density at radius 2 is 1.92 bits per heavy atom. The molecule has 1 heteroatoms. The smallest absolute Gasteiger partial charge is 0.0520 e. The Kier molecular flexibility index (Phi) is 5.39. The second-order valence-corrected chi connectivity index (χ2v) is 9.48. The van der Waals surface area contributed by atoms with Crippen LogP contribution >= 0.6 is 0 Å². The van der Waals surface area contributed by atoms with Gasteiger partial charge in [0.25, 0.3) is 0 Å². The van der Waals surface area contributed by atoms with Crippen molar-refractivity contribution >= 4 is 0 Å². The molecular formula is C23H36O. The van der Waals surface area contributed by atoms with Crippen molar-refractivity contribution < 1.29 is 4.74 Å². The fourth-order valence-electron chi connectivity index (χ4n) is 5.79. The minimum atomic E-state index is 0.340. The maximum absolute atomic E-state index is 6.20. The molecule has 0 spiro atoms. The third-order valence-corrected chi connectivity index (χ3v) is 6.64. The maximum Gasteiger partial charge on any atom is 0.0520 e. The van der Waals surface area contributed by atoms with Crippen molar-refractivity contribution in [1.29, 1.82) is 0 Å². The van der Waals surface area contributed by atoms with E-state index in [0.717, 1.165) is 25.0 Å². The summed E-state index contributed by atoms with van der Waals surface area (Å²) in [6, 6.07) is 11.4. The molecule has 24 heavy (non-hydrogen) atoms. The topological polar surface area (TPSA) is 9.23 Å². The fraction of sp³-hybridized carbons (Fsp3) is 0.739. The summed E-state index contributed by atoms with van der Waals surface area (Å²) in [5.74, 6) is 2.41. The zero-order chi connectivity index (χ0) is 17.2. The molecule has 0 amide bonds. The lowest BCUT2D eigenvalue weighted by Gasteiger charge is -2.55. The highest BCUT2D eigenvalue weighted by Crippen LogP contribution is 2.58. The third kappa shape index (κ3) is 3.87. The van der Waals surface area contributed by atoms with Gasteiger partial charge < -0.3 is 4.74 Å². The van der Waals surface area contributed by atoms with E-state index in [1.54, 1.807) is 5.56 Å². The van der Waals surface area contributed by atoms with Gasteiger partial charge in [-0.3, -0.25) is 0 Å². The van der Waals surface area contributed by atoms with E-state index >= 15 is 0 Å². The van der Waals surface area contributed by atoms with E-state index in [2.05, 4.69) is 58.0 Å². The number of hydrogen-bond donors (Lipinski definition) is 0. The van der Waals surface area contributed by atoms with E-state index in [4.69, 9.17) is 4.74 Å². The highest BCUT2D eigenvalue weighted by molar-refractivity contribution is 5.28. The molecule has 134 valence electrons. The summed E-state index contributed by atoms with van der Waals surface area (Å²) in [6.45, 7) is 11.4. The van der Waals surface area contributed by atoms with Crippen LogP contribution in [-0.4, -0.2) is 13.2 Å². The van der Waals surface area contributed by atoms with Gasteiger partial charge in [0.05, 0.1) is 6.61 Å². The second-order valence-electron chi connectivity index (χ2n) is 9.48. The quantitative estimate of drug-likeness (QED) is 0.602. The van der Waals surface area contributed by atoms with Gasteiger partial charge >= 0.3 is 0 Å². The van der Waals surface area contributed by atoms with Crippen LogP contribution in [0.5, 0.6) is 0 Å². The molecule has 1 aromatic carbocycles. The molecule has 0 saturated heterocycles. The normalized spacial score (nSPS) is 37.2. The van der Waals surface area contributed by atoms with Crippen LogP contribution in [-0.2, 0) is 10.2 Å². The minimum Gasteiger partial charge on any atom is -0.381 e. The number of fused-ring (bicyclic) bond motifs is 2. The number of benzene rings is 1. The SMILES string of the molecule is CC[C@H](C)COCC1(C)CC2CC(C)CC(c3ccccc3)(C2)C1. The number of rotatable bonds is 6. The molecule has 1 aromatic rings. The molecule has 5 atom stereocenters. The molecule has 0 radical (unpaired) electrons. The average molecular weight is 329 g/mol. The first-order chi connectivity index (χ1) is 11.4. The predicted octanol–water partition coefficient (Wildman–Crippen LogP) is 6.22. The van der Waals surface area contributed by atoms with Gasteiger partial charge in [-0.25, -0.2) is 0 Å². The summed E-state index contributed by atoms with van der Waals surface area (Å²) >= 11 is 0. The summed E-state index contributed by atoms with van der Waals surface area (Å²) in [7, 11) is 0. The van der Waals surface area contributed by atoms with E-state index < -0.39 is 0 Å². The highest BCUT2D eigenvalue weighted by atomic mass is 16.5. The van der Waals surface area contributed by atoms with Crippen LogP contribution in [0.3, 0.4) is 0 Å². The van der Waals surface area contributed by atoms with E-state index in [9.17, 15) is 0 Å². The molecule has 0 aromatic heterocycles. The van der Waals surface area contributed by atoms with E-state index in [0.29, 0.717) is 16.7 Å². The monoisotopic (exact) mass is 328 g/mol. The summed E-state index contributed by atoms with van der Waals surface area (Å²) < 4.78 is 6.20. The van der Waals surface area contributed by atoms with Crippen LogP contribution in [0, 0.1) is 23.2 Å². The molecule has 0 heterocycles. The predicted molar refractivity (Wildman–Crippen MR) is 102 cm³/mol. The van der Waals surface area contributed by atoms with E-state index in [1.165, 1.54) is 38.5 Å². The lowest BCUT2D eigenvalue weighted by atomic mass is 9.50. The van der Waals surface area contributed by atoms with Crippen LogP contribution in [0.4, 0.5) is 0 Å². The molecule has 1 nitrogen and oxygen atoms in total. The van der Waals surface area contributed by atoms with Crippen LogP contribution in [0.2, 0.25) is 0 Å². The average Bonchev–Trinajstić information content (AvgIpc) is 2.54. The Bertz CT molecular complexity index is 520. The first kappa shape index (κ1) is 18.0. The molecule has 0 aliphatic heterocycles. The Morgan fingerprint density at radius 3 is 2.62 bits per heavy atom. The van der Waals surface area contributed by atoms with Crippen molar-refractivity contribution in [2.45, 2.75) is 71.6 Å². The van der Waals surface area contributed by atoms with Crippen LogP contribution < -0.4 is 0 Å². The summed E-state index contributed by atoms with van der Waals surface area (Å²) in [6.07, 6.45) is 8.02. The lowest BCUT2D eigenvalue weighted by molar-refractivity contribution is -0.0430. The van der Waals surface area contributed by atoms with Crippen molar-refractivity contribution in [2.75, 3.05) is 13.2 Å². The number of hydrogen-bond acceptors (Lipinski definition) is 1. The Balaban J connectivity index is 1.77. The van der Waals surface area contributed by atoms with Gasteiger partial charge in [0, 0.05) is 6.61 Å². The van der Waals surface area contributed by atoms with Gasteiger partial charge in [0.1, 0.15) is 0 Å². The first-order valence-corrected chi connectivity index (χ1v) is 10.1. The summed E-state index contributed by atoms with van der Waals surface area (Å²) in [5, 5.41) is 0. The third-order valence-electron chi connectivity index (χ3n) is 6.64. The molecule has 0 N–H and O–H groups in total. The molecule has 2 saturated carbocycles. The molecule has 2 bridgehead atoms. The largest absolute Gasteiger partial charge is 0.381 e. The highest BCUT2D eigenvalue weighted by Gasteiger charge is 2.50. The second kappa shape index (κ2) is 7.20. The molecule has 2 aliphatic carbocycles. The van der Waals surface area contributed by atoms with Crippen molar-refractivity contribution in [3.63, 3.8) is 0 Å². The number of ether oxygens (including phenoxy) is 1. The Labute approximate surface area is 149 Å². The molecular weight excluding hydrogens is 292 g/mol. The zero-order valence-electron chi connectivity index (χ0n) is 16.2. The van der Waals surface area contributed by atoms with Gasteiger partial charge in [-0.1, -0.05) is 64.4 Å². The van der Waals surface area contributed by atoms with Crippen LogP contribution in [0.25, 0.3) is 0 Å². The van der Waals surface area contributed by atoms with Crippen LogP contribution in [0.1, 0.15) is 71.8 Å². The van der Waals surface area contributed by atoms with Crippen molar-refractivity contribution in [3.05, 3.63) is 35.9 Å². The zero-order valence-corrected chi connectivity index (χ0v) is 16.2. The van der Waals surface area contributed by atoms with Crippen molar-refractivity contribution in [3.8, 4) is 0 Å². The van der Waals surface area contributed by atoms with E-state index in [1.807, 2.05) is 0 Å². The standard InChI is InChI=1S/C23H36O/c1-5-18(2)15-24-17-22(4)13-20-11-19(3)12-23(14-20,16-22)21-9-7-6-8-10-21/h6-10,18-20H,5,11-17H2,1-4H3/t18-,19?,20?,22?,23?/m0/s1. The fourth-order valence-corrected chi connectivity index (χ4v) is 5.79. The summed E-state index contributed by atoms with van der Waals surface area (Å²) in [4.78, 5) is 0. The molecule has 4 unspecified atom stereocenters. The van der Waals surface area contributed by atoms with Crippen LogP contribution in [0.15, 0.2) is 30.3 Å². The first-order valence-electron chi connectivity index (χ1n) is 10.1. The Hall–Kier alpha value is -0.820. The molecule has 3 rings (SSSR count). The van der Waals surface area contributed by atoms with Crippen molar-refractivity contribution in [1.82, 2.24) is 0 Å². The lowest BCUT2D eigenvalue weighted by Crippen LogP contribution is -2.48. The van der Waals surface area contributed by atoms with E-state index in [-0.39, 0.29) is 0 Å². The van der Waals surface area contributed by atoms with Gasteiger partial charge in [0.15, 0.2) is 0 Å². The van der Waals surface area contributed by atoms with Gasteiger partial charge in [-0.2, -0.15) is 0 Å². The van der Waals surface area contributed by atoms with Gasteiger partial charge in [-0.05, 0) is 66.3 Å². The minimum absolute atomic E-state index is 0.340. The Morgan fingerprint density at radius 1 is 1.17 bits per heavy atom. The maximum atomic E-state index is 6.20. The van der Waals surface area contributed by atoms with Crippen molar-refractivity contribution in [2.24, 2.45) is 23.2 Å². The summed E-state index contributed by atoms with van der Waals surface area (Å²) in [5.41, 5.74) is 2.30. The molecule has 2 fully saturated rings. The molecule has 2 aliphatic rings. The van der Waals surface area contributed by atoms with Gasteiger partial charge in [-0.15, -0.1) is 0 Å².